The zero-order chi connectivity index (χ0) is 17.1. The minimum atomic E-state index is -0.720. The third-order valence-corrected chi connectivity index (χ3v) is 3.37. The molecule has 3 rings (SSSR count). The van der Waals surface area contributed by atoms with Gasteiger partial charge in [0.2, 0.25) is 0 Å². The van der Waals surface area contributed by atoms with E-state index in [2.05, 4.69) is 15.6 Å². The molecule has 0 aliphatic rings. The SMILES string of the molecule is CCn1cc(NC(=O)c2cc(-c3ccccc3)on2)c(C(N)=O)n1. The molecule has 2 heterocycles. The van der Waals surface area contributed by atoms with Crippen molar-refractivity contribution in [1.29, 1.82) is 0 Å². The van der Waals surface area contributed by atoms with Gasteiger partial charge < -0.3 is 15.6 Å². The number of nitrogens with two attached hydrogens (primary N) is 1. The fourth-order valence-electron chi connectivity index (χ4n) is 2.16. The van der Waals surface area contributed by atoms with Crippen LogP contribution in [0.4, 0.5) is 5.69 Å². The first kappa shape index (κ1) is 15.5. The number of nitrogens with one attached hydrogen (secondary N) is 1. The van der Waals surface area contributed by atoms with E-state index in [-0.39, 0.29) is 17.1 Å². The zero-order valence-corrected chi connectivity index (χ0v) is 12.9. The fourth-order valence-corrected chi connectivity index (χ4v) is 2.16. The van der Waals surface area contributed by atoms with Gasteiger partial charge in [0.15, 0.2) is 17.1 Å². The second-order valence-electron chi connectivity index (χ2n) is 5.01. The van der Waals surface area contributed by atoms with Gasteiger partial charge in [0.1, 0.15) is 0 Å². The molecule has 2 amide bonds. The number of hydrogen-bond donors (Lipinski definition) is 2. The van der Waals surface area contributed by atoms with Gasteiger partial charge in [-0.05, 0) is 6.92 Å². The van der Waals surface area contributed by atoms with Crippen molar-refractivity contribution in [2.24, 2.45) is 5.73 Å². The molecule has 24 heavy (non-hydrogen) atoms. The maximum absolute atomic E-state index is 12.3. The third-order valence-electron chi connectivity index (χ3n) is 3.37. The summed E-state index contributed by atoms with van der Waals surface area (Å²) in [4.78, 5) is 23.7. The Hall–Kier alpha value is -3.42. The van der Waals surface area contributed by atoms with Crippen LogP contribution < -0.4 is 11.1 Å². The van der Waals surface area contributed by atoms with Crippen LogP contribution in [0.2, 0.25) is 0 Å². The fraction of sp³-hybridized carbons (Fsp3) is 0.125. The monoisotopic (exact) mass is 325 g/mol. The third kappa shape index (κ3) is 3.02. The summed E-state index contributed by atoms with van der Waals surface area (Å²) in [6.45, 7) is 2.39. The topological polar surface area (TPSA) is 116 Å². The molecule has 0 unspecified atom stereocenters. The molecule has 0 fully saturated rings. The van der Waals surface area contributed by atoms with Crippen molar-refractivity contribution in [3.8, 4) is 11.3 Å². The summed E-state index contributed by atoms with van der Waals surface area (Å²) in [6.07, 6.45) is 1.54. The molecule has 3 N–H and O–H groups in total. The zero-order valence-electron chi connectivity index (χ0n) is 12.9. The van der Waals surface area contributed by atoms with Crippen LogP contribution >= 0.6 is 0 Å². The van der Waals surface area contributed by atoms with Crippen molar-refractivity contribution < 1.29 is 14.1 Å². The molecular formula is C16H15N5O3. The van der Waals surface area contributed by atoms with Gasteiger partial charge in [-0.3, -0.25) is 14.3 Å². The van der Waals surface area contributed by atoms with Gasteiger partial charge in [0, 0.05) is 24.4 Å². The van der Waals surface area contributed by atoms with Crippen molar-refractivity contribution in [2.75, 3.05) is 5.32 Å². The molecule has 122 valence electrons. The van der Waals surface area contributed by atoms with Gasteiger partial charge in [0.25, 0.3) is 11.8 Å². The van der Waals surface area contributed by atoms with E-state index in [1.54, 1.807) is 0 Å². The molecule has 0 aliphatic carbocycles. The van der Waals surface area contributed by atoms with Crippen LogP contribution in [-0.2, 0) is 6.54 Å². The number of rotatable bonds is 5. The summed E-state index contributed by atoms with van der Waals surface area (Å²) in [7, 11) is 0. The summed E-state index contributed by atoms with van der Waals surface area (Å²) in [5.41, 5.74) is 6.41. The minimum Gasteiger partial charge on any atom is -0.364 e. The van der Waals surface area contributed by atoms with Crippen LogP contribution in [0.15, 0.2) is 47.1 Å². The van der Waals surface area contributed by atoms with Crippen molar-refractivity contribution in [3.63, 3.8) is 0 Å². The van der Waals surface area contributed by atoms with Crippen LogP contribution in [0.1, 0.15) is 27.9 Å². The van der Waals surface area contributed by atoms with Gasteiger partial charge in [0.05, 0.1) is 5.69 Å². The average molecular weight is 325 g/mol. The molecule has 0 aliphatic heterocycles. The lowest BCUT2D eigenvalue weighted by molar-refractivity contribution is 0.0995. The standard InChI is InChI=1S/C16H15N5O3/c1-2-21-9-12(14(19-21)15(17)22)18-16(23)11-8-13(24-20-11)10-6-4-3-5-7-10/h3-9H,2H2,1H3,(H2,17,22)(H,18,23). The molecule has 8 nitrogen and oxygen atoms in total. The predicted molar refractivity (Wildman–Crippen MR) is 86.3 cm³/mol. The van der Waals surface area contributed by atoms with Gasteiger partial charge in [-0.1, -0.05) is 35.5 Å². The number of carbonyl (C=O) groups excluding carboxylic acids is 2. The lowest BCUT2D eigenvalue weighted by Crippen LogP contribution is -2.18. The van der Waals surface area contributed by atoms with Gasteiger partial charge >= 0.3 is 0 Å². The normalized spacial score (nSPS) is 10.5. The lowest BCUT2D eigenvalue weighted by Gasteiger charge is -2.00. The summed E-state index contributed by atoms with van der Waals surface area (Å²) in [6, 6.07) is 10.8. The first-order valence-corrected chi connectivity index (χ1v) is 7.29. The number of anilines is 1. The largest absolute Gasteiger partial charge is 0.364 e. The van der Waals surface area contributed by atoms with Crippen LogP contribution in [0.25, 0.3) is 11.3 Å². The Morgan fingerprint density at radius 2 is 2.04 bits per heavy atom. The van der Waals surface area contributed by atoms with E-state index in [1.807, 2.05) is 37.3 Å². The number of primary amides is 1. The summed E-state index contributed by atoms with van der Waals surface area (Å²) >= 11 is 0. The smallest absolute Gasteiger partial charge is 0.277 e. The number of amides is 2. The van der Waals surface area contributed by atoms with E-state index in [0.717, 1.165) is 5.56 Å². The van der Waals surface area contributed by atoms with Crippen molar-refractivity contribution in [3.05, 3.63) is 54.0 Å². The number of aryl methyl sites for hydroxylation is 1. The highest BCUT2D eigenvalue weighted by Gasteiger charge is 2.19. The molecule has 0 atom stereocenters. The first-order valence-electron chi connectivity index (χ1n) is 7.29. The molecule has 0 bridgehead atoms. The number of benzene rings is 1. The van der Waals surface area contributed by atoms with E-state index in [9.17, 15) is 9.59 Å². The van der Waals surface area contributed by atoms with Crippen LogP contribution in [0, 0.1) is 0 Å². The van der Waals surface area contributed by atoms with Gasteiger partial charge in [-0.2, -0.15) is 5.10 Å². The first-order chi connectivity index (χ1) is 11.6. The maximum Gasteiger partial charge on any atom is 0.277 e. The van der Waals surface area contributed by atoms with Crippen molar-refractivity contribution in [2.45, 2.75) is 13.5 Å². The highest BCUT2D eigenvalue weighted by molar-refractivity contribution is 6.07. The number of hydrogen-bond acceptors (Lipinski definition) is 5. The van der Waals surface area contributed by atoms with Crippen LogP contribution in [-0.4, -0.2) is 26.8 Å². The molecule has 8 heteroatoms. The van der Waals surface area contributed by atoms with Gasteiger partial charge in [-0.25, -0.2) is 0 Å². The Morgan fingerprint density at radius 1 is 1.29 bits per heavy atom. The number of carbonyl (C=O) groups is 2. The van der Waals surface area contributed by atoms with E-state index >= 15 is 0 Å². The molecule has 0 radical (unpaired) electrons. The quantitative estimate of drug-likeness (QED) is 0.743. The molecular weight excluding hydrogens is 310 g/mol. The van der Waals surface area contributed by atoms with E-state index in [1.165, 1.54) is 16.9 Å². The summed E-state index contributed by atoms with van der Waals surface area (Å²) in [5.74, 6) is -0.762. The van der Waals surface area contributed by atoms with Crippen molar-refractivity contribution in [1.82, 2.24) is 14.9 Å². The Morgan fingerprint density at radius 3 is 2.71 bits per heavy atom. The van der Waals surface area contributed by atoms with E-state index in [0.29, 0.717) is 12.3 Å². The summed E-state index contributed by atoms with van der Waals surface area (Å²) < 4.78 is 6.70. The molecule has 0 saturated carbocycles. The van der Waals surface area contributed by atoms with Crippen LogP contribution in [0.5, 0.6) is 0 Å². The highest BCUT2D eigenvalue weighted by Crippen LogP contribution is 2.21. The number of nitrogens with zero attached hydrogens (tertiary/aromatic N) is 3. The molecule has 0 spiro atoms. The highest BCUT2D eigenvalue weighted by atomic mass is 16.5. The molecule has 3 aromatic rings. The predicted octanol–water partition coefficient (Wildman–Crippen LogP) is 1.91. The van der Waals surface area contributed by atoms with E-state index < -0.39 is 11.8 Å². The minimum absolute atomic E-state index is 0.00280. The summed E-state index contributed by atoms with van der Waals surface area (Å²) in [5, 5.41) is 10.4. The maximum atomic E-state index is 12.3. The second-order valence-corrected chi connectivity index (χ2v) is 5.01. The Labute approximate surface area is 137 Å². The molecule has 1 aromatic carbocycles. The Bertz CT molecular complexity index is 882. The Balaban J connectivity index is 1.82. The number of aromatic nitrogens is 3. The van der Waals surface area contributed by atoms with Gasteiger partial charge in [-0.15, -0.1) is 0 Å². The Kier molecular flexibility index (Phi) is 4.11. The van der Waals surface area contributed by atoms with Crippen molar-refractivity contribution >= 4 is 17.5 Å². The van der Waals surface area contributed by atoms with E-state index in [4.69, 9.17) is 10.3 Å². The van der Waals surface area contributed by atoms with Crippen LogP contribution in [0.3, 0.4) is 0 Å². The second kappa shape index (κ2) is 6.37. The lowest BCUT2D eigenvalue weighted by atomic mass is 10.1. The molecule has 2 aromatic heterocycles. The molecule has 0 saturated heterocycles. The average Bonchev–Trinajstić information content (AvgIpc) is 3.22.